The molecule has 234 valence electrons. The molecule has 0 amide bonds. The average Bonchev–Trinajstić information content (AvgIpc) is 2.95. The summed E-state index contributed by atoms with van der Waals surface area (Å²) in [4.78, 5) is 19.5. The number of hydrogen-bond donors (Lipinski definition) is 3. The fraction of sp³-hybridized carbons (Fsp3) is 0.357. The highest BCUT2D eigenvalue weighted by Crippen LogP contribution is 2.17. The highest BCUT2D eigenvalue weighted by Gasteiger charge is 2.08. The molecule has 0 bridgehead atoms. The summed E-state index contributed by atoms with van der Waals surface area (Å²) in [5.74, 6) is -0.467. The van der Waals surface area contributed by atoms with Crippen molar-refractivity contribution in [3.8, 4) is 0 Å². The fourth-order valence-corrected chi connectivity index (χ4v) is 3.22. The third kappa shape index (κ3) is 16.5. The minimum atomic E-state index is -0.570. The lowest BCUT2D eigenvalue weighted by Gasteiger charge is -2.17. The van der Waals surface area contributed by atoms with Crippen LogP contribution in [-0.4, -0.2) is 49.4 Å². The van der Waals surface area contributed by atoms with E-state index >= 15 is 0 Å². The Kier molecular flexibility index (Phi) is 22.1. The smallest absolute Gasteiger partial charge is 0.269 e. The largest absolute Gasteiger partial charge is 0.399 e. The number of nitrogen functional groups attached to an aromatic ring is 1. The van der Waals surface area contributed by atoms with Gasteiger partial charge >= 0.3 is 0 Å². The number of nitrogens with two attached hydrogens (primary N) is 1. The van der Waals surface area contributed by atoms with Crippen LogP contribution in [-0.2, 0) is 9.47 Å². The molecule has 14 heteroatoms. The van der Waals surface area contributed by atoms with Crippen molar-refractivity contribution in [2.45, 2.75) is 38.8 Å². The quantitative estimate of drug-likeness (QED) is 0.108. The van der Waals surface area contributed by atoms with Gasteiger partial charge in [0.15, 0.2) is 0 Å². The zero-order valence-corrected chi connectivity index (χ0v) is 25.7. The van der Waals surface area contributed by atoms with Gasteiger partial charge in [0.25, 0.3) is 11.4 Å². The SMILES string of the molecule is CCC(COC)Nc1ccc(N)cc1.CCC(COC)Nc1ccc([N+](=O)[O-])cc1.Cl.Cl.O=[N+]([O-])c1ccc(F)cc1. The van der Waals surface area contributed by atoms with Gasteiger partial charge < -0.3 is 25.8 Å². The molecule has 42 heavy (non-hydrogen) atoms. The lowest BCUT2D eigenvalue weighted by atomic mass is 10.2. The minimum Gasteiger partial charge on any atom is -0.399 e. The van der Waals surface area contributed by atoms with E-state index in [0.29, 0.717) is 12.6 Å². The topological polar surface area (TPSA) is 155 Å². The van der Waals surface area contributed by atoms with Gasteiger partial charge in [-0.15, -0.1) is 24.8 Å². The molecule has 0 aromatic heterocycles. The first-order valence-corrected chi connectivity index (χ1v) is 12.6. The van der Waals surface area contributed by atoms with Gasteiger partial charge in [-0.25, -0.2) is 4.39 Å². The number of nitrogens with zero attached hydrogens (tertiary/aromatic N) is 2. The van der Waals surface area contributed by atoms with Gasteiger partial charge in [-0.2, -0.15) is 0 Å². The summed E-state index contributed by atoms with van der Waals surface area (Å²) in [5.41, 5.74) is 8.35. The summed E-state index contributed by atoms with van der Waals surface area (Å²) in [6, 6.07) is 19.1. The first kappa shape index (κ1) is 40.4. The summed E-state index contributed by atoms with van der Waals surface area (Å²) in [6.07, 6.45) is 1.98. The van der Waals surface area contributed by atoms with Gasteiger partial charge in [-0.3, -0.25) is 20.2 Å². The molecular formula is C28H40Cl2FN5O6. The number of benzene rings is 3. The molecule has 0 aliphatic rings. The maximum Gasteiger partial charge on any atom is 0.269 e. The molecule has 0 saturated heterocycles. The molecule has 3 rings (SSSR count). The third-order valence-corrected chi connectivity index (χ3v) is 5.49. The van der Waals surface area contributed by atoms with Crippen LogP contribution < -0.4 is 16.4 Å². The summed E-state index contributed by atoms with van der Waals surface area (Å²) in [5, 5.41) is 27.1. The molecule has 3 aromatic rings. The van der Waals surface area contributed by atoms with Crippen LogP contribution >= 0.6 is 24.8 Å². The van der Waals surface area contributed by atoms with Crippen LogP contribution in [0.1, 0.15) is 26.7 Å². The van der Waals surface area contributed by atoms with Gasteiger partial charge in [0, 0.05) is 67.6 Å². The van der Waals surface area contributed by atoms with Crippen molar-refractivity contribution in [3.05, 3.63) is 98.8 Å². The number of rotatable bonds is 12. The highest BCUT2D eigenvalue weighted by molar-refractivity contribution is 5.85. The van der Waals surface area contributed by atoms with E-state index in [1.54, 1.807) is 26.4 Å². The molecule has 11 nitrogen and oxygen atoms in total. The van der Waals surface area contributed by atoms with Crippen LogP contribution in [0.4, 0.5) is 32.8 Å². The molecule has 0 fully saturated rings. The van der Waals surface area contributed by atoms with Crippen LogP contribution in [0.15, 0.2) is 72.8 Å². The number of hydrogen-bond acceptors (Lipinski definition) is 9. The Morgan fingerprint density at radius 2 is 1.05 bits per heavy atom. The van der Waals surface area contributed by atoms with Crippen LogP contribution in [0, 0.1) is 26.0 Å². The highest BCUT2D eigenvalue weighted by atomic mass is 35.5. The predicted molar refractivity (Wildman–Crippen MR) is 171 cm³/mol. The second kappa shape index (κ2) is 22.9. The van der Waals surface area contributed by atoms with Crippen LogP contribution in [0.3, 0.4) is 0 Å². The van der Waals surface area contributed by atoms with E-state index in [4.69, 9.17) is 15.2 Å². The van der Waals surface area contributed by atoms with Crippen molar-refractivity contribution in [3.63, 3.8) is 0 Å². The molecule has 0 saturated carbocycles. The number of nitrogens with one attached hydrogen (secondary N) is 2. The van der Waals surface area contributed by atoms with E-state index in [2.05, 4.69) is 24.5 Å². The normalized spacial score (nSPS) is 11.0. The predicted octanol–water partition coefficient (Wildman–Crippen LogP) is 7.11. The maximum atomic E-state index is 12.1. The Bertz CT molecular complexity index is 1140. The van der Waals surface area contributed by atoms with Gasteiger partial charge in [0.1, 0.15) is 5.82 Å². The number of nitro benzene ring substituents is 2. The zero-order chi connectivity index (χ0) is 29.9. The lowest BCUT2D eigenvalue weighted by molar-refractivity contribution is -0.385. The van der Waals surface area contributed by atoms with Gasteiger partial charge in [-0.1, -0.05) is 13.8 Å². The molecule has 3 aromatic carbocycles. The molecule has 0 aliphatic carbocycles. The Labute approximate surface area is 258 Å². The summed E-state index contributed by atoms with van der Waals surface area (Å²) in [6.45, 7) is 5.53. The van der Waals surface area contributed by atoms with Crippen molar-refractivity contribution < 1.29 is 23.7 Å². The Hall–Kier alpha value is -3.71. The van der Waals surface area contributed by atoms with Crippen molar-refractivity contribution in [1.29, 1.82) is 0 Å². The van der Waals surface area contributed by atoms with Crippen molar-refractivity contribution in [2.75, 3.05) is 43.8 Å². The molecule has 0 spiro atoms. The van der Waals surface area contributed by atoms with E-state index in [1.165, 1.54) is 12.1 Å². The third-order valence-electron chi connectivity index (χ3n) is 5.49. The Morgan fingerprint density at radius 1 is 0.714 bits per heavy atom. The van der Waals surface area contributed by atoms with Crippen molar-refractivity contribution >= 4 is 53.3 Å². The van der Waals surface area contributed by atoms with E-state index in [-0.39, 0.29) is 42.2 Å². The first-order valence-electron chi connectivity index (χ1n) is 12.6. The molecule has 0 aliphatic heterocycles. The minimum absolute atomic E-state index is 0. The van der Waals surface area contributed by atoms with Crippen molar-refractivity contribution in [1.82, 2.24) is 0 Å². The number of non-ortho nitro benzene ring substituents is 2. The Balaban J connectivity index is 0. The molecule has 0 radical (unpaired) electrons. The molecule has 2 unspecified atom stereocenters. The van der Waals surface area contributed by atoms with E-state index in [0.717, 1.165) is 60.8 Å². The van der Waals surface area contributed by atoms with E-state index in [1.807, 2.05) is 24.3 Å². The molecule has 4 N–H and O–H groups in total. The maximum absolute atomic E-state index is 12.1. The van der Waals surface area contributed by atoms with Gasteiger partial charge in [0.05, 0.1) is 23.1 Å². The average molecular weight is 633 g/mol. The van der Waals surface area contributed by atoms with E-state index < -0.39 is 15.7 Å². The molecule has 2 atom stereocenters. The molecular weight excluding hydrogens is 592 g/mol. The zero-order valence-electron chi connectivity index (χ0n) is 24.0. The first-order chi connectivity index (χ1) is 19.1. The number of ether oxygens (including phenoxy) is 2. The van der Waals surface area contributed by atoms with E-state index in [9.17, 15) is 24.6 Å². The molecule has 0 heterocycles. The standard InChI is InChI=1S/C11H16N2O3.C11H18N2O.C6H4FNO2.2ClH/c1-3-9(8-16-2)12-10-4-6-11(7-5-10)13(14)15;1-3-10(8-14-2)13-11-6-4-9(12)5-7-11;7-5-1-3-6(4-2-5)8(9)10;;/h4-7,9,12H,3,8H2,1-2H3;4-7,10,13H,3,8,12H2,1-2H3;1-4H;2*1H. The van der Waals surface area contributed by atoms with Gasteiger partial charge in [0.2, 0.25) is 0 Å². The van der Waals surface area contributed by atoms with Crippen LogP contribution in [0.25, 0.3) is 0 Å². The second-order valence-corrected chi connectivity index (χ2v) is 8.57. The summed E-state index contributed by atoms with van der Waals surface area (Å²) in [7, 11) is 3.37. The number of nitro groups is 2. The van der Waals surface area contributed by atoms with Crippen molar-refractivity contribution in [2.24, 2.45) is 0 Å². The monoisotopic (exact) mass is 631 g/mol. The number of halogens is 3. The second-order valence-electron chi connectivity index (χ2n) is 8.57. The number of methoxy groups -OCH3 is 2. The Morgan fingerprint density at radius 3 is 1.36 bits per heavy atom. The van der Waals surface area contributed by atoms with Gasteiger partial charge in [-0.05, 0) is 61.4 Å². The summed E-state index contributed by atoms with van der Waals surface area (Å²) < 4.78 is 22.3. The van der Waals surface area contributed by atoms with Crippen LogP contribution in [0.2, 0.25) is 0 Å². The number of anilines is 3. The fourth-order valence-electron chi connectivity index (χ4n) is 3.22. The summed E-state index contributed by atoms with van der Waals surface area (Å²) >= 11 is 0. The lowest BCUT2D eigenvalue weighted by Crippen LogP contribution is -2.23. The van der Waals surface area contributed by atoms with Crippen LogP contribution in [0.5, 0.6) is 0 Å².